The Kier molecular flexibility index (Phi) is 5.62. The number of aryl methyl sites for hydroxylation is 1. The molecule has 0 aromatic carbocycles. The number of anilines is 1. The van der Waals surface area contributed by atoms with E-state index in [1.807, 2.05) is 6.92 Å². The van der Waals surface area contributed by atoms with Gasteiger partial charge in [0.2, 0.25) is 0 Å². The fraction of sp³-hybridized carbons (Fsp3) is 0.211. The van der Waals surface area contributed by atoms with Crippen molar-refractivity contribution in [1.82, 2.24) is 25.0 Å². The van der Waals surface area contributed by atoms with Gasteiger partial charge in [0.1, 0.15) is 21.1 Å². The molecule has 4 N–H and O–H groups in total. The van der Waals surface area contributed by atoms with Crippen molar-refractivity contribution in [2.24, 2.45) is 5.73 Å². The smallest absolute Gasteiger partial charge is 0.365 e. The van der Waals surface area contributed by atoms with Crippen molar-refractivity contribution in [2.45, 2.75) is 26.6 Å². The minimum Gasteiger partial charge on any atom is -0.365 e. The van der Waals surface area contributed by atoms with Crippen molar-refractivity contribution in [3.8, 4) is 11.1 Å². The number of carbonyl (C=O) groups excluding carboxylic acids is 2. The third-order valence-corrected chi connectivity index (χ3v) is 6.31. The summed E-state index contributed by atoms with van der Waals surface area (Å²) in [5.74, 6) is -1.70. The molecule has 0 radical (unpaired) electrons. The summed E-state index contributed by atoms with van der Waals surface area (Å²) in [4.78, 5) is 28.3. The number of fused-ring (bicyclic) bond motifs is 1. The van der Waals surface area contributed by atoms with E-state index in [0.717, 1.165) is 6.07 Å². The number of H-pyrrole nitrogens is 1. The summed E-state index contributed by atoms with van der Waals surface area (Å²) in [6.45, 7) is 4.03. The minimum absolute atomic E-state index is 0.0189. The first-order valence-electron chi connectivity index (χ1n) is 9.40. The second-order valence-corrected chi connectivity index (χ2v) is 8.32. The van der Waals surface area contributed by atoms with Gasteiger partial charge >= 0.3 is 6.18 Å². The number of thiophene rings is 1. The van der Waals surface area contributed by atoms with Gasteiger partial charge in [-0.05, 0) is 25.5 Å². The summed E-state index contributed by atoms with van der Waals surface area (Å²) < 4.78 is 42.5. The van der Waals surface area contributed by atoms with Crippen LogP contribution in [0.3, 0.4) is 0 Å². The lowest BCUT2D eigenvalue weighted by molar-refractivity contribution is -0.140. The fourth-order valence-electron chi connectivity index (χ4n) is 3.39. The molecule has 172 valence electrons. The molecule has 4 aromatic heterocycles. The highest BCUT2D eigenvalue weighted by atomic mass is 35.5. The van der Waals surface area contributed by atoms with Crippen LogP contribution in [0, 0.1) is 6.92 Å². The Morgan fingerprint density at radius 2 is 2.03 bits per heavy atom. The Morgan fingerprint density at radius 1 is 1.30 bits per heavy atom. The first kappa shape index (κ1) is 22.7. The molecule has 9 nitrogen and oxygen atoms in total. The van der Waals surface area contributed by atoms with Crippen molar-refractivity contribution < 1.29 is 22.8 Å². The average Bonchev–Trinajstić information content (AvgIpc) is 3.43. The van der Waals surface area contributed by atoms with E-state index in [4.69, 9.17) is 17.3 Å². The van der Waals surface area contributed by atoms with Gasteiger partial charge in [-0.25, -0.2) is 4.98 Å². The molecule has 4 aromatic rings. The summed E-state index contributed by atoms with van der Waals surface area (Å²) >= 11 is 6.59. The van der Waals surface area contributed by atoms with Gasteiger partial charge in [-0.3, -0.25) is 19.4 Å². The van der Waals surface area contributed by atoms with Crippen molar-refractivity contribution in [3.63, 3.8) is 0 Å². The molecule has 14 heteroatoms. The third-order valence-electron chi connectivity index (χ3n) is 4.93. The van der Waals surface area contributed by atoms with E-state index in [-0.39, 0.29) is 37.1 Å². The van der Waals surface area contributed by atoms with E-state index in [0.29, 0.717) is 29.1 Å². The number of halogens is 4. The van der Waals surface area contributed by atoms with Crippen LogP contribution in [-0.2, 0) is 12.7 Å². The first-order chi connectivity index (χ1) is 15.5. The van der Waals surface area contributed by atoms with Crippen LogP contribution in [0.4, 0.5) is 18.9 Å². The average molecular weight is 498 g/mol. The molecule has 0 bridgehead atoms. The van der Waals surface area contributed by atoms with Crippen LogP contribution >= 0.6 is 22.9 Å². The number of hydrogen-bond acceptors (Lipinski definition) is 6. The number of rotatable bonds is 5. The largest absolute Gasteiger partial charge is 0.433 e. The molecule has 2 amide bonds. The molecule has 4 rings (SSSR count). The second-order valence-electron chi connectivity index (χ2n) is 6.91. The number of carbonyl (C=O) groups is 2. The van der Waals surface area contributed by atoms with Gasteiger partial charge in [0.15, 0.2) is 0 Å². The maximum Gasteiger partial charge on any atom is 0.433 e. The minimum atomic E-state index is -4.75. The Balaban J connectivity index is 2.03. The predicted octanol–water partition coefficient (Wildman–Crippen LogP) is 4.23. The lowest BCUT2D eigenvalue weighted by atomic mass is 10.0. The summed E-state index contributed by atoms with van der Waals surface area (Å²) in [5, 5.41) is 13.0. The number of hydrogen-bond donors (Lipinski definition) is 3. The molecule has 0 fully saturated rings. The van der Waals surface area contributed by atoms with Crippen LogP contribution in [0.25, 0.3) is 21.3 Å². The number of nitrogens with two attached hydrogens (primary N) is 1. The maximum atomic E-state index is 13.6. The SMILES string of the molecule is CCn1ncc(-c2cc(C(F)(F)F)nc3sc(C(N)=O)c(NC(=O)c4[nH]ncc4Cl)c23)c1C. The highest BCUT2D eigenvalue weighted by Crippen LogP contribution is 2.44. The number of pyridine rings is 1. The number of alkyl halides is 3. The van der Waals surface area contributed by atoms with Crippen molar-refractivity contribution in [3.05, 3.63) is 45.4 Å². The fourth-order valence-corrected chi connectivity index (χ4v) is 4.57. The molecule has 0 spiro atoms. The Hall–Kier alpha value is -3.45. The van der Waals surface area contributed by atoms with E-state index in [1.165, 1.54) is 12.4 Å². The van der Waals surface area contributed by atoms with Gasteiger partial charge in [0.05, 0.1) is 23.1 Å². The molecule has 33 heavy (non-hydrogen) atoms. The molecule has 0 unspecified atom stereocenters. The monoisotopic (exact) mass is 497 g/mol. The number of primary amides is 1. The molecule has 0 saturated heterocycles. The zero-order valence-electron chi connectivity index (χ0n) is 17.0. The molecule has 0 aliphatic heterocycles. The van der Waals surface area contributed by atoms with Crippen LogP contribution in [0.15, 0.2) is 18.5 Å². The summed E-state index contributed by atoms with van der Waals surface area (Å²) in [5.41, 5.74) is 5.24. The summed E-state index contributed by atoms with van der Waals surface area (Å²) in [6.07, 6.45) is -2.11. The van der Waals surface area contributed by atoms with Crippen LogP contribution in [-0.4, -0.2) is 36.8 Å². The second kappa shape index (κ2) is 8.15. The normalized spacial score (nSPS) is 11.8. The van der Waals surface area contributed by atoms with Crippen molar-refractivity contribution in [2.75, 3.05) is 5.32 Å². The van der Waals surface area contributed by atoms with Crippen LogP contribution in [0.5, 0.6) is 0 Å². The van der Waals surface area contributed by atoms with E-state index in [2.05, 4.69) is 25.6 Å². The zero-order chi connectivity index (χ0) is 24.1. The lowest BCUT2D eigenvalue weighted by Gasteiger charge is -2.12. The highest BCUT2D eigenvalue weighted by molar-refractivity contribution is 7.21. The number of nitrogens with zero attached hydrogens (tertiary/aromatic N) is 4. The van der Waals surface area contributed by atoms with Gasteiger partial charge < -0.3 is 11.1 Å². The van der Waals surface area contributed by atoms with Crippen molar-refractivity contribution >= 4 is 50.7 Å². The van der Waals surface area contributed by atoms with Crippen LogP contribution in [0.2, 0.25) is 5.02 Å². The number of aromatic amines is 1. The van der Waals surface area contributed by atoms with Gasteiger partial charge in [-0.2, -0.15) is 23.4 Å². The number of amides is 2. The summed E-state index contributed by atoms with van der Waals surface area (Å²) in [7, 11) is 0. The maximum absolute atomic E-state index is 13.6. The summed E-state index contributed by atoms with van der Waals surface area (Å²) in [6, 6.07) is 0.864. The van der Waals surface area contributed by atoms with Crippen molar-refractivity contribution in [1.29, 1.82) is 0 Å². The lowest BCUT2D eigenvalue weighted by Crippen LogP contribution is -2.17. The van der Waals surface area contributed by atoms with Crippen LogP contribution in [0.1, 0.15) is 38.5 Å². The third kappa shape index (κ3) is 3.93. The first-order valence-corrected chi connectivity index (χ1v) is 10.6. The Morgan fingerprint density at radius 3 is 2.58 bits per heavy atom. The molecule has 0 saturated carbocycles. The standard InChI is InChI=1S/C19H15ClF3N7O2S/c1-3-30-7(2)9(5-26-30)8-4-11(19(21,22)23)27-18-12(8)14(15(33-18)16(24)31)28-17(32)13-10(20)6-25-29-13/h4-6H,3H2,1-2H3,(H2,24,31)(H,25,29)(H,28,32). The van der Waals surface area contributed by atoms with Gasteiger partial charge in [0.25, 0.3) is 11.8 Å². The Labute approximate surface area is 192 Å². The molecule has 0 aliphatic carbocycles. The van der Waals surface area contributed by atoms with Gasteiger partial charge in [0, 0.05) is 23.2 Å². The molecular formula is C19H15ClF3N7O2S. The highest BCUT2D eigenvalue weighted by Gasteiger charge is 2.35. The van der Waals surface area contributed by atoms with Gasteiger partial charge in [-0.15, -0.1) is 11.3 Å². The predicted molar refractivity (Wildman–Crippen MR) is 116 cm³/mol. The van der Waals surface area contributed by atoms with E-state index < -0.39 is 23.7 Å². The quantitative estimate of drug-likeness (QED) is 0.379. The van der Waals surface area contributed by atoms with E-state index >= 15 is 0 Å². The number of aromatic nitrogens is 5. The molecule has 0 aliphatic rings. The molecule has 4 heterocycles. The Bertz CT molecular complexity index is 1410. The topological polar surface area (TPSA) is 132 Å². The van der Waals surface area contributed by atoms with Gasteiger partial charge in [-0.1, -0.05) is 11.6 Å². The van der Waals surface area contributed by atoms with E-state index in [1.54, 1.807) is 11.6 Å². The molecule has 0 atom stereocenters. The van der Waals surface area contributed by atoms with E-state index in [9.17, 15) is 22.8 Å². The zero-order valence-corrected chi connectivity index (χ0v) is 18.6. The van der Waals surface area contributed by atoms with Crippen LogP contribution < -0.4 is 11.1 Å². The molecular weight excluding hydrogens is 483 g/mol. The number of nitrogens with one attached hydrogen (secondary N) is 2.